The van der Waals surface area contributed by atoms with E-state index in [1.807, 2.05) is 48.5 Å². The predicted molar refractivity (Wildman–Crippen MR) is 100 cm³/mol. The van der Waals surface area contributed by atoms with Crippen LogP contribution >= 0.6 is 23.2 Å². The van der Waals surface area contributed by atoms with Gasteiger partial charge in [0, 0.05) is 10.8 Å². The molecule has 0 N–H and O–H groups in total. The maximum atomic E-state index is 6.25. The van der Waals surface area contributed by atoms with Gasteiger partial charge in [-0.2, -0.15) is 0 Å². The molecule has 116 valence electrons. The van der Waals surface area contributed by atoms with Crippen LogP contribution < -0.4 is 0 Å². The zero-order valence-corrected chi connectivity index (χ0v) is 14.1. The van der Waals surface area contributed by atoms with Crippen molar-refractivity contribution >= 4 is 34.0 Å². The van der Waals surface area contributed by atoms with Gasteiger partial charge in [0.25, 0.3) is 0 Å². The van der Waals surface area contributed by atoms with E-state index >= 15 is 0 Å². The number of aromatic nitrogens is 2. The van der Waals surface area contributed by atoms with Crippen LogP contribution in [0.25, 0.3) is 33.0 Å². The van der Waals surface area contributed by atoms with Crippen LogP contribution in [0.5, 0.6) is 0 Å². The van der Waals surface area contributed by atoms with Crippen molar-refractivity contribution in [1.82, 2.24) is 10.2 Å². The lowest BCUT2D eigenvalue weighted by Crippen LogP contribution is -1.91. The minimum absolute atomic E-state index is 0.353. The largest absolute Gasteiger partial charge is 0.159 e. The molecule has 0 aliphatic rings. The smallest absolute Gasteiger partial charge is 0.136 e. The molecule has 3 aromatic carbocycles. The van der Waals surface area contributed by atoms with Crippen LogP contribution in [0, 0.1) is 0 Å². The van der Waals surface area contributed by atoms with E-state index in [0.29, 0.717) is 10.3 Å². The molecular weight excluding hydrogens is 339 g/mol. The van der Waals surface area contributed by atoms with E-state index in [9.17, 15) is 0 Å². The monoisotopic (exact) mass is 350 g/mol. The van der Waals surface area contributed by atoms with Gasteiger partial charge in [-0.25, -0.2) is 0 Å². The fraction of sp³-hybridized carbons (Fsp3) is 0. The summed E-state index contributed by atoms with van der Waals surface area (Å²) < 4.78 is 0. The molecule has 1 aromatic heterocycles. The maximum Gasteiger partial charge on any atom is 0.159 e. The second-order valence-corrected chi connectivity index (χ2v) is 6.17. The van der Waals surface area contributed by atoms with Gasteiger partial charge in [-0.3, -0.25) is 0 Å². The molecule has 0 atom stereocenters. The normalized spacial score (nSPS) is 10.9. The Morgan fingerprint density at radius 2 is 0.917 bits per heavy atom. The Morgan fingerprint density at radius 3 is 1.29 bits per heavy atom. The summed E-state index contributed by atoms with van der Waals surface area (Å²) in [4.78, 5) is 0. The standard InChI is InChI=1S/C20H12Cl2N2/c21-19-17-11-15(13-7-3-1-4-8-13)16(14-9-5-2-6-10-14)12-18(17)20(22)24-23-19/h1-12H. The zero-order chi connectivity index (χ0) is 16.5. The maximum absolute atomic E-state index is 6.25. The number of hydrogen-bond donors (Lipinski definition) is 0. The molecule has 4 rings (SSSR count). The van der Waals surface area contributed by atoms with Gasteiger partial charge in [0.2, 0.25) is 0 Å². The van der Waals surface area contributed by atoms with Gasteiger partial charge >= 0.3 is 0 Å². The van der Waals surface area contributed by atoms with E-state index in [1.165, 1.54) is 0 Å². The molecule has 0 fully saturated rings. The first kappa shape index (κ1) is 15.1. The lowest BCUT2D eigenvalue weighted by molar-refractivity contribution is 1.05. The van der Waals surface area contributed by atoms with Crippen LogP contribution in [0.2, 0.25) is 10.3 Å². The summed E-state index contributed by atoms with van der Waals surface area (Å²) in [6.07, 6.45) is 0. The van der Waals surface area contributed by atoms with Gasteiger partial charge < -0.3 is 0 Å². The summed E-state index contributed by atoms with van der Waals surface area (Å²) in [6, 6.07) is 24.5. The molecule has 0 radical (unpaired) electrons. The highest BCUT2D eigenvalue weighted by atomic mass is 35.5. The SMILES string of the molecule is Clc1nnc(Cl)c2cc(-c3ccccc3)c(-c3ccccc3)cc12. The van der Waals surface area contributed by atoms with Gasteiger partial charge in [0.05, 0.1) is 0 Å². The molecule has 0 unspecified atom stereocenters. The van der Waals surface area contributed by atoms with Crippen molar-refractivity contribution in [2.24, 2.45) is 0 Å². The van der Waals surface area contributed by atoms with Gasteiger partial charge in [0.15, 0.2) is 10.3 Å². The van der Waals surface area contributed by atoms with Crippen LogP contribution in [0.3, 0.4) is 0 Å². The summed E-state index contributed by atoms with van der Waals surface area (Å²) in [6.45, 7) is 0. The van der Waals surface area contributed by atoms with Crippen molar-refractivity contribution < 1.29 is 0 Å². The minimum Gasteiger partial charge on any atom is -0.136 e. The molecule has 24 heavy (non-hydrogen) atoms. The molecule has 0 aliphatic carbocycles. The topological polar surface area (TPSA) is 25.8 Å². The first-order chi connectivity index (χ1) is 11.7. The van der Waals surface area contributed by atoms with Crippen LogP contribution in [-0.2, 0) is 0 Å². The number of benzene rings is 3. The van der Waals surface area contributed by atoms with Crippen molar-refractivity contribution in [3.63, 3.8) is 0 Å². The first-order valence-electron chi connectivity index (χ1n) is 7.50. The van der Waals surface area contributed by atoms with E-state index in [0.717, 1.165) is 33.0 Å². The molecule has 2 nitrogen and oxygen atoms in total. The van der Waals surface area contributed by atoms with Gasteiger partial charge in [-0.05, 0) is 34.4 Å². The van der Waals surface area contributed by atoms with Crippen LogP contribution in [-0.4, -0.2) is 10.2 Å². The molecule has 0 saturated carbocycles. The number of fused-ring (bicyclic) bond motifs is 1. The summed E-state index contributed by atoms with van der Waals surface area (Å²) in [5.74, 6) is 0. The van der Waals surface area contributed by atoms with E-state index < -0.39 is 0 Å². The highest BCUT2D eigenvalue weighted by molar-refractivity contribution is 6.38. The molecule has 0 saturated heterocycles. The van der Waals surface area contributed by atoms with Gasteiger partial charge in [0.1, 0.15) is 0 Å². The quantitative estimate of drug-likeness (QED) is 0.425. The highest BCUT2D eigenvalue weighted by Crippen LogP contribution is 2.38. The average molecular weight is 351 g/mol. The molecular formula is C20H12Cl2N2. The fourth-order valence-electron chi connectivity index (χ4n) is 2.85. The molecule has 0 amide bonds. The Morgan fingerprint density at radius 1 is 0.542 bits per heavy atom. The van der Waals surface area contributed by atoms with E-state index in [4.69, 9.17) is 23.2 Å². The number of rotatable bonds is 2. The van der Waals surface area contributed by atoms with Crippen molar-refractivity contribution in [1.29, 1.82) is 0 Å². The lowest BCUT2D eigenvalue weighted by Gasteiger charge is -2.13. The average Bonchev–Trinajstić information content (AvgIpc) is 2.65. The molecule has 4 aromatic rings. The summed E-state index contributed by atoms with van der Waals surface area (Å²) in [5.41, 5.74) is 4.39. The van der Waals surface area contributed by atoms with Crippen molar-refractivity contribution in [3.8, 4) is 22.3 Å². The molecule has 1 heterocycles. The highest BCUT2D eigenvalue weighted by Gasteiger charge is 2.14. The third kappa shape index (κ3) is 2.64. The Bertz CT molecular complexity index is 932. The Balaban J connectivity index is 2.10. The van der Waals surface area contributed by atoms with Crippen LogP contribution in [0.4, 0.5) is 0 Å². The minimum atomic E-state index is 0.353. The molecule has 0 spiro atoms. The number of nitrogens with zero attached hydrogens (tertiary/aromatic N) is 2. The Hall–Kier alpha value is -2.42. The van der Waals surface area contributed by atoms with E-state index in [1.54, 1.807) is 0 Å². The molecule has 0 aliphatic heterocycles. The second kappa shape index (κ2) is 6.23. The predicted octanol–water partition coefficient (Wildman–Crippen LogP) is 6.27. The van der Waals surface area contributed by atoms with Crippen molar-refractivity contribution in [2.45, 2.75) is 0 Å². The summed E-state index contributed by atoms with van der Waals surface area (Å²) >= 11 is 12.5. The van der Waals surface area contributed by atoms with E-state index in [-0.39, 0.29) is 0 Å². The number of halogens is 2. The van der Waals surface area contributed by atoms with Crippen LogP contribution in [0.15, 0.2) is 72.8 Å². The fourth-order valence-corrected chi connectivity index (χ4v) is 3.24. The van der Waals surface area contributed by atoms with Crippen LogP contribution in [0.1, 0.15) is 0 Å². The first-order valence-corrected chi connectivity index (χ1v) is 8.26. The third-order valence-corrected chi connectivity index (χ3v) is 4.56. The summed E-state index contributed by atoms with van der Waals surface area (Å²) in [7, 11) is 0. The second-order valence-electron chi connectivity index (χ2n) is 5.46. The third-order valence-electron chi connectivity index (χ3n) is 4.00. The van der Waals surface area contributed by atoms with Gasteiger partial charge in [-0.15, -0.1) is 10.2 Å². The van der Waals surface area contributed by atoms with Gasteiger partial charge in [-0.1, -0.05) is 83.9 Å². The van der Waals surface area contributed by atoms with E-state index in [2.05, 4.69) is 34.5 Å². The molecule has 0 bridgehead atoms. The Labute approximate surface area is 149 Å². The van der Waals surface area contributed by atoms with Crippen molar-refractivity contribution in [2.75, 3.05) is 0 Å². The number of hydrogen-bond acceptors (Lipinski definition) is 2. The zero-order valence-electron chi connectivity index (χ0n) is 12.6. The lowest BCUT2D eigenvalue weighted by atomic mass is 9.92. The molecule has 4 heteroatoms. The van der Waals surface area contributed by atoms with Crippen molar-refractivity contribution in [3.05, 3.63) is 83.1 Å². The Kier molecular flexibility index (Phi) is 3.93. The summed E-state index contributed by atoms with van der Waals surface area (Å²) in [5, 5.41) is 10.2.